The minimum absolute atomic E-state index is 0.0664. The van der Waals surface area contributed by atoms with Crippen molar-refractivity contribution in [3.8, 4) is 0 Å². The summed E-state index contributed by atoms with van der Waals surface area (Å²) in [6, 6.07) is 3.31. The number of hydrogen-bond donors (Lipinski definition) is 2. The maximum atomic E-state index is 13.1. The molecule has 0 atom stereocenters. The molecule has 3 N–H and O–H groups in total. The van der Waals surface area contributed by atoms with Crippen LogP contribution in [0.4, 0.5) is 10.1 Å². The van der Waals surface area contributed by atoms with Crippen LogP contribution in [0.2, 0.25) is 0 Å². The number of aryl methyl sites for hydroxylation is 2. The predicted octanol–water partition coefficient (Wildman–Crippen LogP) is 1.18. The molecule has 0 saturated carbocycles. The second-order valence-electron chi connectivity index (χ2n) is 4.64. The van der Waals surface area contributed by atoms with Crippen LogP contribution in [0, 0.1) is 5.82 Å². The zero-order valence-electron chi connectivity index (χ0n) is 11.8. The molecule has 2 rings (SSSR count). The van der Waals surface area contributed by atoms with Gasteiger partial charge in [0.15, 0.2) is 0 Å². The molecular formula is C13H17FN4O2S. The molecule has 0 fully saturated rings. The Hall–Kier alpha value is -1.93. The number of anilines is 1. The summed E-state index contributed by atoms with van der Waals surface area (Å²) in [7, 11) is -1.97. The van der Waals surface area contributed by atoms with Crippen molar-refractivity contribution in [1.29, 1.82) is 0 Å². The lowest BCUT2D eigenvalue weighted by molar-refractivity contribution is 0.580. The second kappa shape index (κ2) is 5.82. The van der Waals surface area contributed by atoms with Gasteiger partial charge in [-0.1, -0.05) is 6.92 Å². The molecule has 0 bridgehead atoms. The minimum Gasteiger partial charge on any atom is -0.396 e. The highest BCUT2D eigenvalue weighted by atomic mass is 32.2. The van der Waals surface area contributed by atoms with E-state index in [1.165, 1.54) is 6.07 Å². The SMILES string of the molecule is CCc1nn(C)cc1CNS(=O)(=O)c1ccc(F)c(N)c1. The number of halogens is 1. The summed E-state index contributed by atoms with van der Waals surface area (Å²) in [4.78, 5) is -0.0664. The summed E-state index contributed by atoms with van der Waals surface area (Å²) in [5.41, 5.74) is 6.83. The van der Waals surface area contributed by atoms with Crippen LogP contribution < -0.4 is 10.5 Å². The predicted molar refractivity (Wildman–Crippen MR) is 77.4 cm³/mol. The molecular weight excluding hydrogens is 295 g/mol. The van der Waals surface area contributed by atoms with Gasteiger partial charge in [-0.25, -0.2) is 17.5 Å². The highest BCUT2D eigenvalue weighted by Gasteiger charge is 2.16. The van der Waals surface area contributed by atoms with Gasteiger partial charge in [-0.05, 0) is 24.6 Å². The van der Waals surface area contributed by atoms with Crippen molar-refractivity contribution in [3.63, 3.8) is 0 Å². The molecule has 1 heterocycles. The van der Waals surface area contributed by atoms with Crippen LogP contribution in [0.1, 0.15) is 18.2 Å². The molecule has 6 nitrogen and oxygen atoms in total. The van der Waals surface area contributed by atoms with Gasteiger partial charge in [-0.3, -0.25) is 4.68 Å². The molecule has 0 saturated heterocycles. The number of nitrogens with zero attached hydrogens (tertiary/aromatic N) is 2. The summed E-state index contributed by atoms with van der Waals surface area (Å²) in [6.07, 6.45) is 2.47. The van der Waals surface area contributed by atoms with Gasteiger partial charge >= 0.3 is 0 Å². The molecule has 0 spiro atoms. The molecule has 0 radical (unpaired) electrons. The van der Waals surface area contributed by atoms with Crippen LogP contribution in [0.25, 0.3) is 0 Å². The van der Waals surface area contributed by atoms with Crippen LogP contribution in [0.5, 0.6) is 0 Å². The molecule has 8 heteroatoms. The Morgan fingerprint density at radius 3 is 2.76 bits per heavy atom. The minimum atomic E-state index is -3.75. The third kappa shape index (κ3) is 3.40. The van der Waals surface area contributed by atoms with E-state index in [-0.39, 0.29) is 17.1 Å². The monoisotopic (exact) mass is 312 g/mol. The molecule has 0 aliphatic rings. The van der Waals surface area contributed by atoms with Gasteiger partial charge in [0.2, 0.25) is 10.0 Å². The van der Waals surface area contributed by atoms with Crippen molar-refractivity contribution in [2.75, 3.05) is 5.73 Å². The molecule has 0 unspecified atom stereocenters. The molecule has 21 heavy (non-hydrogen) atoms. The normalized spacial score (nSPS) is 11.8. The quantitative estimate of drug-likeness (QED) is 0.811. The van der Waals surface area contributed by atoms with Gasteiger partial charge in [-0.15, -0.1) is 0 Å². The fourth-order valence-corrected chi connectivity index (χ4v) is 3.02. The molecule has 0 aliphatic heterocycles. The Morgan fingerprint density at radius 2 is 2.14 bits per heavy atom. The number of nitrogen functional groups attached to an aromatic ring is 1. The fourth-order valence-electron chi connectivity index (χ4n) is 1.97. The number of hydrogen-bond acceptors (Lipinski definition) is 4. The molecule has 0 amide bonds. The Bertz CT molecular complexity index is 756. The number of nitrogens with one attached hydrogen (secondary N) is 1. The number of nitrogens with two attached hydrogens (primary N) is 1. The van der Waals surface area contributed by atoms with Crippen molar-refractivity contribution >= 4 is 15.7 Å². The molecule has 2 aromatic rings. The molecule has 1 aromatic carbocycles. The highest BCUT2D eigenvalue weighted by molar-refractivity contribution is 7.89. The van der Waals surface area contributed by atoms with Crippen LogP contribution in [0.3, 0.4) is 0 Å². The van der Waals surface area contributed by atoms with E-state index in [4.69, 9.17) is 5.73 Å². The van der Waals surface area contributed by atoms with Crippen molar-refractivity contribution in [2.24, 2.45) is 7.05 Å². The van der Waals surface area contributed by atoms with E-state index in [0.717, 1.165) is 23.4 Å². The van der Waals surface area contributed by atoms with E-state index in [9.17, 15) is 12.8 Å². The Labute approximate surface area is 122 Å². The third-order valence-corrected chi connectivity index (χ3v) is 4.46. The number of rotatable bonds is 5. The van der Waals surface area contributed by atoms with Crippen LogP contribution >= 0.6 is 0 Å². The van der Waals surface area contributed by atoms with E-state index in [1.807, 2.05) is 6.92 Å². The van der Waals surface area contributed by atoms with Crippen molar-refractivity contribution < 1.29 is 12.8 Å². The second-order valence-corrected chi connectivity index (χ2v) is 6.40. The van der Waals surface area contributed by atoms with E-state index < -0.39 is 15.8 Å². The lowest BCUT2D eigenvalue weighted by atomic mass is 10.2. The first-order valence-electron chi connectivity index (χ1n) is 6.39. The Balaban J connectivity index is 2.19. The Kier molecular flexibility index (Phi) is 4.29. The fraction of sp³-hybridized carbons (Fsp3) is 0.308. The van der Waals surface area contributed by atoms with Crippen molar-refractivity contribution in [2.45, 2.75) is 24.8 Å². The maximum Gasteiger partial charge on any atom is 0.240 e. The van der Waals surface area contributed by atoms with Gasteiger partial charge in [0, 0.05) is 25.4 Å². The van der Waals surface area contributed by atoms with Gasteiger partial charge in [0.1, 0.15) is 5.82 Å². The van der Waals surface area contributed by atoms with Crippen molar-refractivity contribution in [1.82, 2.24) is 14.5 Å². The Morgan fingerprint density at radius 1 is 1.43 bits per heavy atom. The molecule has 1 aromatic heterocycles. The topological polar surface area (TPSA) is 90.0 Å². The summed E-state index contributed by atoms with van der Waals surface area (Å²) in [5.74, 6) is -0.644. The summed E-state index contributed by atoms with van der Waals surface area (Å²) >= 11 is 0. The first kappa shape index (κ1) is 15.5. The molecule has 114 valence electrons. The third-order valence-electron chi connectivity index (χ3n) is 3.06. The van der Waals surface area contributed by atoms with E-state index in [0.29, 0.717) is 6.42 Å². The van der Waals surface area contributed by atoms with Gasteiger partial charge < -0.3 is 5.73 Å². The average molecular weight is 312 g/mol. The van der Waals surface area contributed by atoms with Gasteiger partial charge in [0.05, 0.1) is 16.3 Å². The van der Waals surface area contributed by atoms with E-state index >= 15 is 0 Å². The lowest BCUT2D eigenvalue weighted by Crippen LogP contribution is -2.23. The standard InChI is InChI=1S/C13H17FN4O2S/c1-3-13-9(8-18(2)17-13)7-16-21(19,20)10-4-5-11(14)12(15)6-10/h4-6,8,16H,3,7,15H2,1-2H3. The van der Waals surface area contributed by atoms with E-state index in [2.05, 4.69) is 9.82 Å². The summed E-state index contributed by atoms with van der Waals surface area (Å²) in [6.45, 7) is 2.07. The number of sulfonamides is 1. The van der Waals surface area contributed by atoms with Crippen LogP contribution in [-0.2, 0) is 30.0 Å². The van der Waals surface area contributed by atoms with Crippen LogP contribution in [0.15, 0.2) is 29.3 Å². The molecule has 0 aliphatic carbocycles. The first-order chi connectivity index (χ1) is 9.83. The average Bonchev–Trinajstić information content (AvgIpc) is 2.80. The smallest absolute Gasteiger partial charge is 0.240 e. The summed E-state index contributed by atoms with van der Waals surface area (Å²) < 4.78 is 41.5. The zero-order chi connectivity index (χ0) is 15.6. The number of benzene rings is 1. The zero-order valence-corrected chi connectivity index (χ0v) is 12.6. The number of aromatic nitrogens is 2. The van der Waals surface area contributed by atoms with Gasteiger partial charge in [-0.2, -0.15) is 5.10 Å². The highest BCUT2D eigenvalue weighted by Crippen LogP contribution is 2.17. The first-order valence-corrected chi connectivity index (χ1v) is 7.88. The van der Waals surface area contributed by atoms with Crippen molar-refractivity contribution in [3.05, 3.63) is 41.5 Å². The summed E-state index contributed by atoms with van der Waals surface area (Å²) in [5, 5.41) is 4.24. The lowest BCUT2D eigenvalue weighted by Gasteiger charge is -2.07. The van der Waals surface area contributed by atoms with Gasteiger partial charge in [0.25, 0.3) is 0 Å². The maximum absolute atomic E-state index is 13.1. The van der Waals surface area contributed by atoms with E-state index in [1.54, 1.807) is 17.9 Å². The largest absolute Gasteiger partial charge is 0.396 e. The van der Waals surface area contributed by atoms with Crippen LogP contribution in [-0.4, -0.2) is 18.2 Å².